The maximum Gasteiger partial charge on any atom is 0.276 e. The van der Waals surface area contributed by atoms with Crippen LogP contribution in [0.4, 0.5) is 0 Å². The van der Waals surface area contributed by atoms with E-state index >= 15 is 0 Å². The number of hydrogen-bond acceptors (Lipinski definition) is 15. The van der Waals surface area contributed by atoms with Crippen molar-refractivity contribution in [2.45, 2.75) is 69.7 Å². The third-order valence-corrected chi connectivity index (χ3v) is 12.5. The van der Waals surface area contributed by atoms with E-state index < -0.39 is 0 Å². The van der Waals surface area contributed by atoms with Crippen molar-refractivity contribution in [2.24, 2.45) is 11.8 Å². The van der Waals surface area contributed by atoms with Gasteiger partial charge in [0.05, 0.1) is 26.6 Å². The van der Waals surface area contributed by atoms with Crippen LogP contribution in [0.15, 0.2) is 58.6 Å². The van der Waals surface area contributed by atoms with Gasteiger partial charge in [0, 0.05) is 106 Å². The second-order valence-corrected chi connectivity index (χ2v) is 16.8. The summed E-state index contributed by atoms with van der Waals surface area (Å²) in [5, 5.41) is 12.9. The molecule has 4 atom stereocenters. The molecule has 19 nitrogen and oxygen atoms in total. The quantitative estimate of drug-likeness (QED) is 0.177. The van der Waals surface area contributed by atoms with Crippen LogP contribution in [0, 0.1) is 11.8 Å². The van der Waals surface area contributed by atoms with Gasteiger partial charge in [-0.1, -0.05) is 19.9 Å². The van der Waals surface area contributed by atoms with Gasteiger partial charge in [-0.15, -0.1) is 0 Å². The Morgan fingerprint density at radius 1 is 0.683 bits per heavy atom. The zero-order valence-corrected chi connectivity index (χ0v) is 36.2. The van der Waals surface area contributed by atoms with Crippen LogP contribution in [0.3, 0.4) is 0 Å². The van der Waals surface area contributed by atoms with Crippen molar-refractivity contribution < 1.29 is 23.7 Å². The van der Waals surface area contributed by atoms with Gasteiger partial charge < -0.3 is 34.2 Å². The Morgan fingerprint density at radius 2 is 1.24 bits per heavy atom. The van der Waals surface area contributed by atoms with E-state index in [0.717, 1.165) is 120 Å². The number of carbonyl (C=O) groups is 1. The topological polar surface area (TPSA) is 221 Å². The Labute approximate surface area is 364 Å². The Bertz CT molecular complexity index is 2560. The van der Waals surface area contributed by atoms with Gasteiger partial charge in [-0.3, -0.25) is 19.3 Å². The van der Waals surface area contributed by atoms with Gasteiger partial charge in [-0.25, -0.2) is 29.0 Å². The summed E-state index contributed by atoms with van der Waals surface area (Å²) in [4.78, 5) is 60.8. The number of imidazole rings is 2. The standard InChI is InChI=1S/C22H28N6O3.C15H21N5O2.C7H7NO2/c1-14-11-27(12-15-3-4-19(30-2)23-9-15)13-17(14)20-25-22(29)18-10-24-21(28(18)26-20)16-5-7-31-8-6-16;1-9-6-16-7-11(9)13-18-15(21)12-8-17-14(20(12)19-13)10-2-4-22-5-3-10;1-10-7-3-2-6(5-9)4-8-7/h3-4,9-10,14,16-17H,5-8,11-13H2,1-2H3,(H,25,26,29);8-11,16H,2-7H2,1H3,(H,18,19,21);2-5H,1H3. The zero-order chi connectivity index (χ0) is 43.9. The molecule has 0 aliphatic carbocycles. The molecule has 0 amide bonds. The van der Waals surface area contributed by atoms with E-state index in [9.17, 15) is 14.4 Å². The van der Waals surface area contributed by atoms with Crippen LogP contribution in [0.1, 0.15) is 102 Å². The van der Waals surface area contributed by atoms with Crippen molar-refractivity contribution in [1.82, 2.24) is 59.3 Å². The predicted molar refractivity (Wildman–Crippen MR) is 232 cm³/mol. The van der Waals surface area contributed by atoms with E-state index in [1.54, 1.807) is 40.7 Å². The molecule has 19 heteroatoms. The second-order valence-electron chi connectivity index (χ2n) is 16.8. The van der Waals surface area contributed by atoms with Crippen LogP contribution < -0.4 is 25.9 Å². The molecule has 10 heterocycles. The highest BCUT2D eigenvalue weighted by molar-refractivity contribution is 5.74. The van der Waals surface area contributed by atoms with Crippen molar-refractivity contribution in [1.29, 1.82) is 0 Å². The van der Waals surface area contributed by atoms with Crippen LogP contribution in [-0.2, 0) is 16.0 Å². The summed E-state index contributed by atoms with van der Waals surface area (Å²) in [6.07, 6.45) is 11.0. The molecule has 4 unspecified atom stereocenters. The minimum Gasteiger partial charge on any atom is -0.481 e. The molecule has 10 rings (SSSR count). The highest BCUT2D eigenvalue weighted by Crippen LogP contribution is 2.32. The fourth-order valence-electron chi connectivity index (χ4n) is 8.86. The normalized spacial score (nSPS) is 22.0. The maximum absolute atomic E-state index is 12.8. The van der Waals surface area contributed by atoms with Crippen LogP contribution >= 0.6 is 0 Å². The highest BCUT2D eigenvalue weighted by atomic mass is 16.5. The first-order valence-corrected chi connectivity index (χ1v) is 21.7. The van der Waals surface area contributed by atoms with Crippen LogP contribution in [0.5, 0.6) is 11.8 Å². The zero-order valence-electron chi connectivity index (χ0n) is 36.2. The van der Waals surface area contributed by atoms with Gasteiger partial charge in [-0.05, 0) is 55.7 Å². The fourth-order valence-corrected chi connectivity index (χ4v) is 8.86. The lowest BCUT2D eigenvalue weighted by molar-refractivity contribution is 0.0831. The van der Waals surface area contributed by atoms with E-state index in [1.807, 2.05) is 18.3 Å². The number of H-pyrrole nitrogens is 2. The number of methoxy groups -OCH3 is 2. The van der Waals surface area contributed by atoms with Crippen molar-refractivity contribution >= 4 is 17.3 Å². The summed E-state index contributed by atoms with van der Waals surface area (Å²) in [6, 6.07) is 7.22. The number of nitrogens with zero attached hydrogens (tertiary/aromatic N) is 9. The summed E-state index contributed by atoms with van der Waals surface area (Å²) >= 11 is 0. The molecule has 4 aliphatic rings. The van der Waals surface area contributed by atoms with E-state index in [4.69, 9.17) is 29.1 Å². The molecule has 6 aromatic rings. The summed E-state index contributed by atoms with van der Waals surface area (Å²) in [7, 11) is 3.15. The first-order valence-electron chi connectivity index (χ1n) is 21.7. The Kier molecular flexibility index (Phi) is 13.9. The van der Waals surface area contributed by atoms with Crippen LogP contribution in [0.25, 0.3) is 11.0 Å². The number of fused-ring (bicyclic) bond motifs is 2. The van der Waals surface area contributed by atoms with E-state index in [1.165, 1.54) is 13.3 Å². The molecule has 4 fully saturated rings. The van der Waals surface area contributed by atoms with Gasteiger partial charge in [0.1, 0.15) is 23.3 Å². The minimum absolute atomic E-state index is 0.102. The summed E-state index contributed by atoms with van der Waals surface area (Å²) in [5.74, 6) is 6.26. The lowest BCUT2D eigenvalue weighted by Gasteiger charge is -2.21. The number of aldehydes is 1. The third kappa shape index (κ3) is 10.0. The van der Waals surface area contributed by atoms with Crippen molar-refractivity contribution in [2.75, 3.05) is 66.8 Å². The molecular formula is C44H56N12O7. The highest BCUT2D eigenvalue weighted by Gasteiger charge is 2.34. The van der Waals surface area contributed by atoms with Gasteiger partial charge >= 0.3 is 0 Å². The molecule has 334 valence electrons. The summed E-state index contributed by atoms with van der Waals surface area (Å²) in [5.41, 5.74) is 2.51. The molecule has 0 bridgehead atoms. The number of aromatic amines is 2. The largest absolute Gasteiger partial charge is 0.481 e. The van der Waals surface area contributed by atoms with Gasteiger partial charge in [0.2, 0.25) is 11.8 Å². The van der Waals surface area contributed by atoms with Gasteiger partial charge in [0.15, 0.2) is 17.3 Å². The smallest absolute Gasteiger partial charge is 0.276 e. The van der Waals surface area contributed by atoms with Crippen LogP contribution in [-0.4, -0.2) is 127 Å². The lowest BCUT2D eigenvalue weighted by Crippen LogP contribution is -2.24. The molecule has 4 saturated heterocycles. The number of hydrogen-bond donors (Lipinski definition) is 3. The number of pyridine rings is 2. The van der Waals surface area contributed by atoms with Crippen molar-refractivity contribution in [3.63, 3.8) is 0 Å². The number of carbonyl (C=O) groups excluding carboxylic acids is 1. The Balaban J connectivity index is 0.000000147. The number of likely N-dealkylation sites (tertiary alicyclic amines) is 1. The molecule has 4 aliphatic heterocycles. The molecule has 0 radical (unpaired) electrons. The Hall–Kier alpha value is -5.89. The second kappa shape index (κ2) is 20.1. The average Bonchev–Trinajstić information content (AvgIpc) is 4.14. The van der Waals surface area contributed by atoms with E-state index in [0.29, 0.717) is 46.1 Å². The predicted octanol–water partition coefficient (Wildman–Crippen LogP) is 3.49. The molecular weight excluding hydrogens is 809 g/mol. The number of aromatic nitrogens is 10. The monoisotopic (exact) mass is 864 g/mol. The number of ether oxygens (including phenoxy) is 4. The first-order chi connectivity index (χ1) is 30.7. The molecule has 0 saturated carbocycles. The van der Waals surface area contributed by atoms with Crippen molar-refractivity contribution in [3.8, 4) is 11.8 Å². The van der Waals surface area contributed by atoms with Gasteiger partial charge in [0.25, 0.3) is 11.1 Å². The van der Waals surface area contributed by atoms with Crippen LogP contribution in [0.2, 0.25) is 0 Å². The lowest BCUT2D eigenvalue weighted by atomic mass is 9.97. The van der Waals surface area contributed by atoms with E-state index in [-0.39, 0.29) is 28.9 Å². The van der Waals surface area contributed by atoms with E-state index in [2.05, 4.69) is 54.0 Å². The molecule has 6 aromatic heterocycles. The molecule has 0 aromatic carbocycles. The summed E-state index contributed by atoms with van der Waals surface area (Å²) < 4.78 is 24.4. The third-order valence-electron chi connectivity index (χ3n) is 12.5. The average molecular weight is 865 g/mol. The van der Waals surface area contributed by atoms with Gasteiger partial charge in [-0.2, -0.15) is 10.2 Å². The van der Waals surface area contributed by atoms with Crippen molar-refractivity contribution in [3.05, 3.63) is 104 Å². The SMILES string of the molecule is CC1CNCC1c1nn2c(C3CCOCC3)ncc2c(=O)[nH]1.COc1ccc(C=O)cn1.COc1ccc(CN2CC(C)C(c3nn4c(C5CCOCC5)ncc4c(=O)[nH]3)C2)cn1. The first kappa shape index (κ1) is 43.7. The Morgan fingerprint density at radius 3 is 1.71 bits per heavy atom. The molecule has 3 N–H and O–H groups in total. The maximum atomic E-state index is 12.8. The number of rotatable bonds is 9. The minimum atomic E-state index is -0.124. The molecule has 63 heavy (non-hydrogen) atoms. The fraction of sp³-hybridized carbons (Fsp3) is 0.523. The summed E-state index contributed by atoms with van der Waals surface area (Å²) in [6.45, 7) is 11.8. The number of nitrogens with one attached hydrogen (secondary N) is 3. The molecule has 0 spiro atoms.